The highest BCUT2D eigenvalue weighted by atomic mass is 16.5. The zero-order chi connectivity index (χ0) is 28.0. The summed E-state index contributed by atoms with van der Waals surface area (Å²) in [6, 6.07) is 8.15. The van der Waals surface area contributed by atoms with Gasteiger partial charge in [-0.1, -0.05) is 75.6 Å². The van der Waals surface area contributed by atoms with Crippen molar-refractivity contribution in [1.29, 1.82) is 0 Å². The van der Waals surface area contributed by atoms with Gasteiger partial charge in [-0.05, 0) is 37.3 Å². The van der Waals surface area contributed by atoms with Crippen LogP contribution < -0.4 is 4.90 Å². The summed E-state index contributed by atoms with van der Waals surface area (Å²) in [6.07, 6.45) is 12.9. The van der Waals surface area contributed by atoms with E-state index >= 15 is 0 Å². The Morgan fingerprint density at radius 1 is 0.975 bits per heavy atom. The number of fused-ring (bicyclic) bond motifs is 2. The lowest BCUT2D eigenvalue weighted by Crippen LogP contribution is -2.59. The van der Waals surface area contributed by atoms with Gasteiger partial charge in [0.15, 0.2) is 0 Å². The third-order valence-corrected chi connectivity index (χ3v) is 9.56. The number of carbonyl (C=O) groups excluding carboxylic acids is 3. The molecule has 5 aliphatic rings. The van der Waals surface area contributed by atoms with E-state index < -0.39 is 35.6 Å². The van der Waals surface area contributed by atoms with E-state index in [1.165, 1.54) is 6.42 Å². The highest BCUT2D eigenvalue weighted by Crippen LogP contribution is 2.54. The third-order valence-electron chi connectivity index (χ3n) is 9.56. The van der Waals surface area contributed by atoms with E-state index in [-0.39, 0.29) is 36.3 Å². The van der Waals surface area contributed by atoms with Crippen LogP contribution in [0.3, 0.4) is 0 Å². The standard InChI is InChI=1S/C32H41N3O5/c1-21(2)19-24(20-36)35-28-31(39)34(23-13-7-4-8-14-23)18-10-16-32(28)27(30(35)38)26-25(40-32)15-9-17-33(29(26)37)22-11-5-3-6-12-22/h3,5-6,9-12,15-16,21,23-28,36H,4,7-8,13-14,17-20H2,1-2H3/t24-,25+,26-,27+,28?,32+/m1/s1. The van der Waals surface area contributed by atoms with E-state index in [0.717, 1.165) is 31.4 Å². The largest absolute Gasteiger partial charge is 0.394 e. The molecular weight excluding hydrogens is 506 g/mol. The molecule has 0 bridgehead atoms. The molecule has 0 aromatic heterocycles. The number of anilines is 1. The minimum Gasteiger partial charge on any atom is -0.394 e. The van der Waals surface area contributed by atoms with Crippen LogP contribution >= 0.6 is 0 Å². The minimum atomic E-state index is -1.27. The summed E-state index contributed by atoms with van der Waals surface area (Å²) in [7, 11) is 0. The molecule has 6 rings (SSSR count). The number of ether oxygens (including phenoxy) is 1. The Bertz CT molecular complexity index is 1190. The number of rotatable bonds is 6. The summed E-state index contributed by atoms with van der Waals surface area (Å²) in [5.41, 5.74) is -0.501. The van der Waals surface area contributed by atoms with Crippen LogP contribution in [-0.2, 0) is 19.1 Å². The molecule has 1 aromatic carbocycles. The zero-order valence-electron chi connectivity index (χ0n) is 23.5. The van der Waals surface area contributed by atoms with Gasteiger partial charge in [-0.15, -0.1) is 0 Å². The SMILES string of the molecule is CC(C)C[C@H](CO)N1C(=O)[C@@H]2[C@@H]3C(=O)N(c4ccccc4)CC=C[C@@H]3O[C@@]23C=CCN(C2CCCCC2)C(=O)C13. The van der Waals surface area contributed by atoms with Crippen LogP contribution in [0.5, 0.6) is 0 Å². The van der Waals surface area contributed by atoms with Gasteiger partial charge >= 0.3 is 0 Å². The van der Waals surface area contributed by atoms with E-state index in [1.807, 2.05) is 73.4 Å². The second kappa shape index (κ2) is 10.8. The van der Waals surface area contributed by atoms with Crippen LogP contribution in [0.1, 0.15) is 52.4 Å². The quantitative estimate of drug-likeness (QED) is 0.552. The molecule has 4 heterocycles. The van der Waals surface area contributed by atoms with Gasteiger partial charge in [0, 0.05) is 24.8 Å². The predicted molar refractivity (Wildman–Crippen MR) is 151 cm³/mol. The first-order valence-corrected chi connectivity index (χ1v) is 15.0. The highest BCUT2D eigenvalue weighted by Gasteiger charge is 2.72. The molecule has 1 saturated carbocycles. The van der Waals surface area contributed by atoms with Crippen molar-refractivity contribution < 1.29 is 24.2 Å². The molecule has 0 radical (unpaired) electrons. The third kappa shape index (κ3) is 4.31. The maximum absolute atomic E-state index is 14.6. The van der Waals surface area contributed by atoms with Crippen molar-refractivity contribution in [1.82, 2.24) is 9.80 Å². The summed E-state index contributed by atoms with van der Waals surface area (Å²) in [5, 5.41) is 10.5. The Labute approximate surface area is 236 Å². The van der Waals surface area contributed by atoms with Gasteiger partial charge in [0.25, 0.3) is 0 Å². The Balaban J connectivity index is 1.44. The van der Waals surface area contributed by atoms with Crippen molar-refractivity contribution in [2.75, 3.05) is 24.6 Å². The fourth-order valence-electron chi connectivity index (χ4n) is 7.87. The van der Waals surface area contributed by atoms with Gasteiger partial charge in [0.05, 0.1) is 30.6 Å². The summed E-state index contributed by atoms with van der Waals surface area (Å²) in [5.74, 6) is -1.97. The summed E-state index contributed by atoms with van der Waals surface area (Å²) in [4.78, 5) is 48.7. The number of aliphatic hydroxyl groups excluding tert-OH is 1. The van der Waals surface area contributed by atoms with Gasteiger partial charge in [-0.2, -0.15) is 0 Å². The number of likely N-dealkylation sites (tertiary alicyclic amines) is 1. The first-order chi connectivity index (χ1) is 19.4. The lowest BCUT2D eigenvalue weighted by Gasteiger charge is -2.41. The first kappa shape index (κ1) is 27.2. The van der Waals surface area contributed by atoms with Gasteiger partial charge in [0.2, 0.25) is 17.7 Å². The number of aliphatic hydroxyl groups is 1. The van der Waals surface area contributed by atoms with E-state index in [1.54, 1.807) is 9.80 Å². The maximum atomic E-state index is 14.6. The molecule has 1 N–H and O–H groups in total. The Morgan fingerprint density at radius 3 is 2.42 bits per heavy atom. The van der Waals surface area contributed by atoms with Crippen molar-refractivity contribution >= 4 is 23.4 Å². The summed E-state index contributed by atoms with van der Waals surface area (Å²) >= 11 is 0. The molecule has 3 amide bonds. The summed E-state index contributed by atoms with van der Waals surface area (Å²) in [6.45, 7) is 4.70. The minimum absolute atomic E-state index is 0.122. The molecule has 8 heteroatoms. The molecule has 4 aliphatic heterocycles. The molecular formula is C32H41N3O5. The number of amides is 3. The van der Waals surface area contributed by atoms with Crippen molar-refractivity contribution in [2.45, 2.75) is 82.2 Å². The van der Waals surface area contributed by atoms with Gasteiger partial charge < -0.3 is 24.5 Å². The Kier molecular flexibility index (Phi) is 7.34. The Hall–Kier alpha value is -2.97. The van der Waals surface area contributed by atoms with Crippen LogP contribution in [0, 0.1) is 17.8 Å². The van der Waals surface area contributed by atoms with Crippen LogP contribution in [0.4, 0.5) is 5.69 Å². The summed E-state index contributed by atoms with van der Waals surface area (Å²) < 4.78 is 6.79. The molecule has 2 saturated heterocycles. The number of hydrogen-bond acceptors (Lipinski definition) is 5. The monoisotopic (exact) mass is 547 g/mol. The normalized spacial score (nSPS) is 33.2. The molecule has 6 atom stereocenters. The van der Waals surface area contributed by atoms with Crippen molar-refractivity contribution in [2.24, 2.45) is 17.8 Å². The van der Waals surface area contributed by atoms with Gasteiger partial charge in [-0.25, -0.2) is 0 Å². The number of benzene rings is 1. The van der Waals surface area contributed by atoms with Gasteiger partial charge in [-0.3, -0.25) is 14.4 Å². The maximum Gasteiger partial charge on any atom is 0.249 e. The number of hydrogen-bond donors (Lipinski definition) is 1. The molecule has 3 fully saturated rings. The van der Waals surface area contributed by atoms with Crippen molar-refractivity contribution in [3.8, 4) is 0 Å². The molecule has 1 aliphatic carbocycles. The average Bonchev–Trinajstić information content (AvgIpc) is 3.28. The predicted octanol–water partition coefficient (Wildman–Crippen LogP) is 3.31. The number of nitrogens with zero attached hydrogens (tertiary/aromatic N) is 3. The first-order valence-electron chi connectivity index (χ1n) is 15.0. The van der Waals surface area contributed by atoms with E-state index in [0.29, 0.717) is 19.5 Å². The zero-order valence-corrected chi connectivity index (χ0v) is 23.5. The average molecular weight is 548 g/mol. The second-order valence-corrected chi connectivity index (χ2v) is 12.5. The van der Waals surface area contributed by atoms with Crippen LogP contribution in [0.25, 0.3) is 0 Å². The van der Waals surface area contributed by atoms with Crippen LogP contribution in [0.2, 0.25) is 0 Å². The molecule has 8 nitrogen and oxygen atoms in total. The highest BCUT2D eigenvalue weighted by molar-refractivity contribution is 6.04. The molecule has 214 valence electrons. The topological polar surface area (TPSA) is 90.4 Å². The van der Waals surface area contributed by atoms with Crippen LogP contribution in [-0.4, -0.2) is 82.2 Å². The number of carbonyl (C=O) groups is 3. The molecule has 40 heavy (non-hydrogen) atoms. The van der Waals surface area contributed by atoms with Crippen LogP contribution in [0.15, 0.2) is 54.6 Å². The van der Waals surface area contributed by atoms with Crippen molar-refractivity contribution in [3.05, 3.63) is 54.6 Å². The second-order valence-electron chi connectivity index (χ2n) is 12.5. The van der Waals surface area contributed by atoms with Crippen molar-refractivity contribution in [3.63, 3.8) is 0 Å². The lowest BCUT2D eigenvalue weighted by atomic mass is 9.77. The van der Waals surface area contributed by atoms with E-state index in [4.69, 9.17) is 4.74 Å². The molecule has 1 aromatic rings. The van der Waals surface area contributed by atoms with E-state index in [2.05, 4.69) is 0 Å². The smallest absolute Gasteiger partial charge is 0.249 e. The molecule has 1 spiro atoms. The fraction of sp³-hybridized carbons (Fsp3) is 0.594. The lowest BCUT2D eigenvalue weighted by molar-refractivity contribution is -0.152. The number of para-hydroxylation sites is 1. The fourth-order valence-corrected chi connectivity index (χ4v) is 7.87. The Morgan fingerprint density at radius 2 is 1.73 bits per heavy atom. The molecule has 1 unspecified atom stereocenters. The van der Waals surface area contributed by atoms with Gasteiger partial charge in [0.1, 0.15) is 11.6 Å². The van der Waals surface area contributed by atoms with E-state index in [9.17, 15) is 19.5 Å².